The van der Waals surface area contributed by atoms with Gasteiger partial charge in [-0.15, -0.1) is 0 Å². The quantitative estimate of drug-likeness (QED) is 0.277. The largest absolute Gasteiger partial charge is 0.311 e. The smallest absolute Gasteiger partial charge is 0.0463 e. The lowest BCUT2D eigenvalue weighted by Gasteiger charge is -2.30. The van der Waals surface area contributed by atoms with Crippen LogP contribution in [0.3, 0.4) is 0 Å². The molecule has 0 fully saturated rings. The van der Waals surface area contributed by atoms with Crippen LogP contribution in [-0.2, 0) is 0 Å². The van der Waals surface area contributed by atoms with Crippen molar-refractivity contribution in [1.82, 2.24) is 0 Å². The van der Waals surface area contributed by atoms with Gasteiger partial charge in [-0.3, -0.25) is 0 Å². The highest BCUT2D eigenvalue weighted by atomic mass is 15.2. The van der Waals surface area contributed by atoms with Crippen LogP contribution in [0.1, 0.15) is 30.0 Å². The average Bonchev–Trinajstić information content (AvgIpc) is 2.90. The Hall–Kier alpha value is -4.04. The number of benzene rings is 4. The Balaban J connectivity index is 1.55. The molecule has 1 atom stereocenters. The van der Waals surface area contributed by atoms with E-state index in [0.29, 0.717) is 5.92 Å². The van der Waals surface area contributed by atoms with Gasteiger partial charge >= 0.3 is 0 Å². The predicted molar refractivity (Wildman–Crippen MR) is 155 cm³/mol. The van der Waals surface area contributed by atoms with Crippen LogP contribution < -0.4 is 9.80 Å². The van der Waals surface area contributed by atoms with E-state index in [2.05, 4.69) is 153 Å². The fourth-order valence-electron chi connectivity index (χ4n) is 4.61. The second kappa shape index (κ2) is 10.3. The van der Waals surface area contributed by atoms with Crippen LogP contribution in [0.4, 0.5) is 28.4 Å². The standard InChI is InChI=1S/C34H34N2/c1-25-5-13-29(14-6-25)35(30-15-7-26(2)8-16-30)33-21-23-34(24-22-33)36(31-17-9-27(3)10-18-31)32-19-11-28(4)12-20-32/h5-11,13-24,28H,12H2,1-4H3/t28-/m0/s1. The summed E-state index contributed by atoms with van der Waals surface area (Å²) in [5.41, 5.74) is 10.8. The van der Waals surface area contributed by atoms with Crippen molar-refractivity contribution >= 4 is 28.4 Å². The Morgan fingerprint density at radius 3 is 1.17 bits per heavy atom. The van der Waals surface area contributed by atoms with Gasteiger partial charge in [0.25, 0.3) is 0 Å². The second-order valence-electron chi connectivity index (χ2n) is 9.89. The summed E-state index contributed by atoms with van der Waals surface area (Å²) >= 11 is 0. The summed E-state index contributed by atoms with van der Waals surface area (Å²) in [4.78, 5) is 4.67. The second-order valence-corrected chi connectivity index (χ2v) is 9.89. The van der Waals surface area contributed by atoms with Gasteiger partial charge in [-0.1, -0.05) is 72.2 Å². The van der Waals surface area contributed by atoms with Crippen molar-refractivity contribution in [2.75, 3.05) is 9.80 Å². The summed E-state index contributed by atoms with van der Waals surface area (Å²) in [5, 5.41) is 0. The Kier molecular flexibility index (Phi) is 6.77. The van der Waals surface area contributed by atoms with Crippen molar-refractivity contribution in [2.24, 2.45) is 5.92 Å². The highest BCUT2D eigenvalue weighted by Crippen LogP contribution is 2.38. The van der Waals surface area contributed by atoms with Crippen LogP contribution in [0.2, 0.25) is 0 Å². The molecule has 0 aliphatic heterocycles. The third-order valence-corrected chi connectivity index (χ3v) is 6.80. The molecule has 0 aromatic heterocycles. The number of aryl methyl sites for hydroxylation is 3. The highest BCUT2D eigenvalue weighted by Gasteiger charge is 2.17. The molecule has 36 heavy (non-hydrogen) atoms. The van der Waals surface area contributed by atoms with Crippen molar-refractivity contribution in [3.63, 3.8) is 0 Å². The van der Waals surface area contributed by atoms with Gasteiger partial charge in [0.1, 0.15) is 0 Å². The lowest BCUT2D eigenvalue weighted by molar-refractivity contribution is 0.728. The van der Waals surface area contributed by atoms with Crippen LogP contribution in [0.25, 0.3) is 0 Å². The van der Waals surface area contributed by atoms with Crippen LogP contribution in [0.5, 0.6) is 0 Å². The maximum absolute atomic E-state index is 2.35. The molecule has 0 unspecified atom stereocenters. The maximum Gasteiger partial charge on any atom is 0.0463 e. The van der Waals surface area contributed by atoms with E-state index < -0.39 is 0 Å². The van der Waals surface area contributed by atoms with Gasteiger partial charge in [0, 0.05) is 34.1 Å². The van der Waals surface area contributed by atoms with Crippen LogP contribution in [0, 0.1) is 26.7 Å². The maximum atomic E-state index is 2.35. The molecule has 1 aliphatic carbocycles. The minimum Gasteiger partial charge on any atom is -0.311 e. The monoisotopic (exact) mass is 470 g/mol. The number of nitrogens with zero attached hydrogens (tertiary/aromatic N) is 2. The summed E-state index contributed by atoms with van der Waals surface area (Å²) in [6, 6.07) is 35.2. The molecule has 0 N–H and O–H groups in total. The van der Waals surface area contributed by atoms with E-state index in [4.69, 9.17) is 0 Å². The molecule has 0 saturated heterocycles. The van der Waals surface area contributed by atoms with E-state index in [-0.39, 0.29) is 0 Å². The summed E-state index contributed by atoms with van der Waals surface area (Å²) in [6.45, 7) is 8.65. The fourth-order valence-corrected chi connectivity index (χ4v) is 4.61. The van der Waals surface area contributed by atoms with Crippen molar-refractivity contribution in [2.45, 2.75) is 34.1 Å². The number of hydrogen-bond donors (Lipinski definition) is 0. The molecule has 0 radical (unpaired) electrons. The zero-order valence-electron chi connectivity index (χ0n) is 21.6. The first-order valence-corrected chi connectivity index (χ1v) is 12.8. The van der Waals surface area contributed by atoms with Gasteiger partial charge in [0.2, 0.25) is 0 Å². The number of rotatable bonds is 6. The predicted octanol–water partition coefficient (Wildman–Crippen LogP) is 9.70. The molecule has 5 rings (SSSR count). The van der Waals surface area contributed by atoms with E-state index in [0.717, 1.165) is 29.2 Å². The summed E-state index contributed by atoms with van der Waals surface area (Å²) in [5.74, 6) is 0.577. The molecule has 2 heteroatoms. The van der Waals surface area contributed by atoms with Gasteiger partial charge in [-0.2, -0.15) is 0 Å². The zero-order chi connectivity index (χ0) is 25.1. The Labute approximate surface area is 215 Å². The molecule has 180 valence electrons. The molecule has 0 heterocycles. The summed E-state index contributed by atoms with van der Waals surface area (Å²) < 4.78 is 0. The molecular weight excluding hydrogens is 436 g/mol. The summed E-state index contributed by atoms with van der Waals surface area (Å²) in [7, 11) is 0. The average molecular weight is 471 g/mol. The lowest BCUT2D eigenvalue weighted by Crippen LogP contribution is -2.17. The molecule has 0 amide bonds. The molecule has 4 aromatic carbocycles. The number of anilines is 5. The molecule has 1 aliphatic rings. The molecular formula is C34H34N2. The van der Waals surface area contributed by atoms with E-state index >= 15 is 0 Å². The van der Waals surface area contributed by atoms with E-state index in [1.165, 1.54) is 28.1 Å². The van der Waals surface area contributed by atoms with Crippen molar-refractivity contribution in [3.8, 4) is 0 Å². The SMILES string of the molecule is Cc1ccc(N(C2=CC[C@@H](C)C=C2)c2ccc(N(c3ccc(C)cc3)c3ccc(C)cc3)cc2)cc1. The van der Waals surface area contributed by atoms with Gasteiger partial charge in [-0.25, -0.2) is 0 Å². The van der Waals surface area contributed by atoms with Crippen molar-refractivity contribution in [1.29, 1.82) is 0 Å². The van der Waals surface area contributed by atoms with E-state index in [9.17, 15) is 0 Å². The summed E-state index contributed by atoms with van der Waals surface area (Å²) in [6.07, 6.45) is 7.97. The van der Waals surface area contributed by atoms with Gasteiger partial charge in [0.15, 0.2) is 0 Å². The Bertz CT molecular complexity index is 1310. The first-order valence-electron chi connectivity index (χ1n) is 12.8. The van der Waals surface area contributed by atoms with Gasteiger partial charge in [0.05, 0.1) is 0 Å². The fraction of sp³-hybridized carbons (Fsp3) is 0.176. The zero-order valence-corrected chi connectivity index (χ0v) is 21.6. The minimum atomic E-state index is 0.577. The first kappa shape index (κ1) is 23.7. The van der Waals surface area contributed by atoms with E-state index in [1.807, 2.05) is 0 Å². The first-order chi connectivity index (χ1) is 17.5. The van der Waals surface area contributed by atoms with Crippen LogP contribution in [0.15, 0.2) is 121 Å². The van der Waals surface area contributed by atoms with Crippen molar-refractivity contribution < 1.29 is 0 Å². The molecule has 4 aromatic rings. The highest BCUT2D eigenvalue weighted by molar-refractivity contribution is 5.79. The third kappa shape index (κ3) is 5.13. The van der Waals surface area contributed by atoms with Crippen LogP contribution >= 0.6 is 0 Å². The van der Waals surface area contributed by atoms with Crippen molar-refractivity contribution in [3.05, 3.63) is 138 Å². The minimum absolute atomic E-state index is 0.577. The lowest BCUT2D eigenvalue weighted by atomic mass is 10.0. The number of hydrogen-bond acceptors (Lipinski definition) is 2. The normalized spacial score (nSPS) is 14.9. The Morgan fingerprint density at radius 2 is 0.833 bits per heavy atom. The van der Waals surface area contributed by atoms with Crippen LogP contribution in [-0.4, -0.2) is 0 Å². The molecule has 0 saturated carbocycles. The van der Waals surface area contributed by atoms with E-state index in [1.54, 1.807) is 0 Å². The molecule has 0 spiro atoms. The topological polar surface area (TPSA) is 6.48 Å². The molecule has 0 bridgehead atoms. The third-order valence-electron chi connectivity index (χ3n) is 6.80. The van der Waals surface area contributed by atoms with Gasteiger partial charge in [-0.05, 0) is 99.8 Å². The van der Waals surface area contributed by atoms with Gasteiger partial charge < -0.3 is 9.80 Å². The Morgan fingerprint density at radius 1 is 0.500 bits per heavy atom. The molecule has 2 nitrogen and oxygen atoms in total. The number of allylic oxidation sites excluding steroid dienone is 3.